The standard InChI is InChI=1S/C23H33N3O6/c1-6-32-22(27)20-16(13-26-9-7-14(2)8-10-26)24-23(28)25-21(20)15-11-18(30-4)19(31-5)12-17(15)29-3/h11-12,14,21H,6-10,13H2,1-5H3,(H2,24,25,28). The van der Waals surface area contributed by atoms with E-state index >= 15 is 0 Å². The second-order valence-corrected chi connectivity index (χ2v) is 8.05. The summed E-state index contributed by atoms with van der Waals surface area (Å²) in [6.07, 6.45) is 2.17. The molecule has 1 unspecified atom stereocenters. The van der Waals surface area contributed by atoms with Crippen LogP contribution in [0.15, 0.2) is 23.4 Å². The van der Waals surface area contributed by atoms with E-state index in [0.717, 1.165) is 25.9 Å². The molecule has 2 N–H and O–H groups in total. The zero-order chi connectivity index (χ0) is 23.3. The molecule has 1 atom stereocenters. The van der Waals surface area contributed by atoms with Crippen molar-refractivity contribution in [2.24, 2.45) is 5.92 Å². The molecule has 1 fully saturated rings. The monoisotopic (exact) mass is 447 g/mol. The first-order valence-corrected chi connectivity index (χ1v) is 10.9. The number of nitrogens with one attached hydrogen (secondary N) is 2. The summed E-state index contributed by atoms with van der Waals surface area (Å²) >= 11 is 0. The molecule has 1 aromatic rings. The van der Waals surface area contributed by atoms with Crippen molar-refractivity contribution in [3.05, 3.63) is 29.0 Å². The maximum absolute atomic E-state index is 13.1. The van der Waals surface area contributed by atoms with E-state index in [1.165, 1.54) is 21.3 Å². The van der Waals surface area contributed by atoms with Gasteiger partial charge in [-0.1, -0.05) is 6.92 Å². The van der Waals surface area contributed by atoms with E-state index in [1.54, 1.807) is 19.1 Å². The minimum Gasteiger partial charge on any atom is -0.496 e. The van der Waals surface area contributed by atoms with Crippen LogP contribution in [-0.4, -0.2) is 64.5 Å². The van der Waals surface area contributed by atoms with Crippen LogP contribution >= 0.6 is 0 Å². The number of carbonyl (C=O) groups excluding carboxylic acids is 2. The number of esters is 1. The first-order chi connectivity index (χ1) is 15.4. The van der Waals surface area contributed by atoms with Crippen LogP contribution in [0.3, 0.4) is 0 Å². The summed E-state index contributed by atoms with van der Waals surface area (Å²) in [6.45, 7) is 6.50. The fourth-order valence-corrected chi connectivity index (χ4v) is 4.15. The third kappa shape index (κ3) is 5.09. The summed E-state index contributed by atoms with van der Waals surface area (Å²) in [6, 6.07) is 2.24. The topological polar surface area (TPSA) is 98.4 Å². The van der Waals surface area contributed by atoms with Gasteiger partial charge in [0.2, 0.25) is 0 Å². The van der Waals surface area contributed by atoms with Gasteiger partial charge >= 0.3 is 12.0 Å². The number of benzene rings is 1. The van der Waals surface area contributed by atoms with E-state index in [9.17, 15) is 9.59 Å². The molecule has 0 bridgehead atoms. The molecule has 1 aromatic carbocycles. The van der Waals surface area contributed by atoms with Crippen LogP contribution in [-0.2, 0) is 9.53 Å². The fraction of sp³-hybridized carbons (Fsp3) is 0.565. The van der Waals surface area contributed by atoms with Crippen LogP contribution in [0.5, 0.6) is 17.2 Å². The largest absolute Gasteiger partial charge is 0.496 e. The lowest BCUT2D eigenvalue weighted by atomic mass is 9.93. The number of amides is 2. The number of nitrogens with zero attached hydrogens (tertiary/aromatic N) is 1. The summed E-state index contributed by atoms with van der Waals surface area (Å²) in [4.78, 5) is 28.0. The predicted octanol–water partition coefficient (Wildman–Crippen LogP) is 2.62. The first kappa shape index (κ1) is 23.7. The zero-order valence-corrected chi connectivity index (χ0v) is 19.4. The fourth-order valence-electron chi connectivity index (χ4n) is 4.15. The first-order valence-electron chi connectivity index (χ1n) is 10.9. The third-order valence-electron chi connectivity index (χ3n) is 5.95. The smallest absolute Gasteiger partial charge is 0.338 e. The molecule has 2 heterocycles. The van der Waals surface area contributed by atoms with Gasteiger partial charge in [0.1, 0.15) is 5.75 Å². The Labute approximate surface area is 189 Å². The molecule has 0 saturated carbocycles. The van der Waals surface area contributed by atoms with Crippen molar-refractivity contribution in [3.63, 3.8) is 0 Å². The number of piperidine rings is 1. The van der Waals surface area contributed by atoms with Crippen molar-refractivity contribution in [3.8, 4) is 17.2 Å². The number of carbonyl (C=O) groups is 2. The van der Waals surface area contributed by atoms with Crippen molar-refractivity contribution in [1.29, 1.82) is 0 Å². The quantitative estimate of drug-likeness (QED) is 0.591. The van der Waals surface area contributed by atoms with Gasteiger partial charge in [-0.3, -0.25) is 4.90 Å². The van der Waals surface area contributed by atoms with Gasteiger partial charge in [-0.2, -0.15) is 0 Å². The molecule has 9 nitrogen and oxygen atoms in total. The molecule has 2 aliphatic heterocycles. The van der Waals surface area contributed by atoms with Crippen LogP contribution in [0, 0.1) is 5.92 Å². The lowest BCUT2D eigenvalue weighted by Crippen LogP contribution is -2.49. The van der Waals surface area contributed by atoms with Crippen LogP contribution in [0.25, 0.3) is 0 Å². The summed E-state index contributed by atoms with van der Waals surface area (Å²) in [5, 5.41) is 5.70. The van der Waals surface area contributed by atoms with E-state index < -0.39 is 12.0 Å². The highest BCUT2D eigenvalue weighted by Gasteiger charge is 2.36. The maximum atomic E-state index is 13.1. The van der Waals surface area contributed by atoms with E-state index in [2.05, 4.69) is 22.5 Å². The van der Waals surface area contributed by atoms with Crippen molar-refractivity contribution < 1.29 is 28.5 Å². The van der Waals surface area contributed by atoms with Crippen molar-refractivity contribution >= 4 is 12.0 Å². The molecule has 2 aliphatic rings. The molecule has 0 spiro atoms. The molecule has 0 aliphatic carbocycles. The Balaban J connectivity index is 2.08. The number of hydrogen-bond acceptors (Lipinski definition) is 7. The third-order valence-corrected chi connectivity index (χ3v) is 5.95. The average Bonchev–Trinajstić information content (AvgIpc) is 2.79. The number of rotatable bonds is 8. The molecule has 3 rings (SSSR count). The van der Waals surface area contributed by atoms with Crippen molar-refractivity contribution in [2.45, 2.75) is 32.7 Å². The van der Waals surface area contributed by atoms with Gasteiger partial charge in [-0.05, 0) is 44.8 Å². The number of ether oxygens (including phenoxy) is 4. The number of urea groups is 1. The van der Waals surface area contributed by atoms with E-state index in [1.807, 2.05) is 0 Å². The Kier molecular flexibility index (Phi) is 7.84. The highest BCUT2D eigenvalue weighted by Crippen LogP contribution is 2.41. The molecular weight excluding hydrogens is 414 g/mol. The Morgan fingerprint density at radius 2 is 1.69 bits per heavy atom. The van der Waals surface area contributed by atoms with Crippen LogP contribution in [0.4, 0.5) is 4.79 Å². The van der Waals surface area contributed by atoms with Gasteiger partial charge in [0.25, 0.3) is 0 Å². The molecule has 1 saturated heterocycles. The molecular formula is C23H33N3O6. The van der Waals surface area contributed by atoms with Gasteiger partial charge in [0.15, 0.2) is 11.5 Å². The molecule has 32 heavy (non-hydrogen) atoms. The van der Waals surface area contributed by atoms with Gasteiger partial charge in [-0.25, -0.2) is 9.59 Å². The molecule has 0 aromatic heterocycles. The molecule has 0 radical (unpaired) electrons. The van der Waals surface area contributed by atoms with Crippen LogP contribution in [0.2, 0.25) is 0 Å². The number of hydrogen-bond donors (Lipinski definition) is 2. The average molecular weight is 448 g/mol. The lowest BCUT2D eigenvalue weighted by molar-refractivity contribution is -0.139. The summed E-state index contributed by atoms with van der Waals surface area (Å²) in [5.41, 5.74) is 1.48. The highest BCUT2D eigenvalue weighted by atomic mass is 16.5. The Bertz CT molecular complexity index is 877. The summed E-state index contributed by atoms with van der Waals surface area (Å²) < 4.78 is 21.8. The highest BCUT2D eigenvalue weighted by molar-refractivity contribution is 5.95. The van der Waals surface area contributed by atoms with E-state index in [4.69, 9.17) is 18.9 Å². The van der Waals surface area contributed by atoms with Gasteiger partial charge in [-0.15, -0.1) is 0 Å². The van der Waals surface area contributed by atoms with Gasteiger partial charge < -0.3 is 29.6 Å². The summed E-state index contributed by atoms with van der Waals surface area (Å²) in [5.74, 6) is 1.60. The SMILES string of the molecule is CCOC(=O)C1=C(CN2CCC(C)CC2)NC(=O)NC1c1cc(OC)c(OC)cc1OC. The molecule has 176 valence electrons. The number of methoxy groups -OCH3 is 3. The van der Waals surface area contributed by atoms with Gasteiger partial charge in [0.05, 0.1) is 39.6 Å². The molecule has 9 heteroatoms. The van der Waals surface area contributed by atoms with Crippen LogP contribution in [0.1, 0.15) is 38.3 Å². The normalized spacial score (nSPS) is 19.8. The second-order valence-electron chi connectivity index (χ2n) is 8.05. The second kappa shape index (κ2) is 10.6. The van der Waals surface area contributed by atoms with E-state index in [0.29, 0.717) is 46.5 Å². The Morgan fingerprint density at radius 1 is 1.06 bits per heavy atom. The summed E-state index contributed by atoms with van der Waals surface area (Å²) in [7, 11) is 4.59. The van der Waals surface area contributed by atoms with Crippen LogP contribution < -0.4 is 24.8 Å². The molecule has 2 amide bonds. The maximum Gasteiger partial charge on any atom is 0.338 e. The Hall–Kier alpha value is -2.94. The van der Waals surface area contributed by atoms with Crippen molar-refractivity contribution in [1.82, 2.24) is 15.5 Å². The van der Waals surface area contributed by atoms with Crippen molar-refractivity contribution in [2.75, 3.05) is 47.6 Å². The van der Waals surface area contributed by atoms with E-state index in [-0.39, 0.29) is 12.6 Å². The minimum absolute atomic E-state index is 0.223. The lowest BCUT2D eigenvalue weighted by Gasteiger charge is -2.35. The zero-order valence-electron chi connectivity index (χ0n) is 19.4. The Morgan fingerprint density at radius 3 is 2.28 bits per heavy atom. The number of likely N-dealkylation sites (tertiary alicyclic amines) is 1. The predicted molar refractivity (Wildman–Crippen MR) is 119 cm³/mol. The van der Waals surface area contributed by atoms with Gasteiger partial charge in [0, 0.05) is 23.9 Å². The minimum atomic E-state index is -0.767.